The molecule has 1 aliphatic rings. The lowest BCUT2D eigenvalue weighted by molar-refractivity contribution is -0.136. The first-order valence-corrected chi connectivity index (χ1v) is 13.3. The fraction of sp³-hybridized carbons (Fsp3) is 0.276. The molecule has 11 heteroatoms. The molecular formula is C29H26ClF3N6O. The van der Waals surface area contributed by atoms with E-state index in [1.54, 1.807) is 29.1 Å². The van der Waals surface area contributed by atoms with Crippen molar-refractivity contribution < 1.29 is 18.3 Å². The van der Waals surface area contributed by atoms with Crippen LogP contribution in [0.4, 0.5) is 13.2 Å². The minimum absolute atomic E-state index is 0.0659. The summed E-state index contributed by atoms with van der Waals surface area (Å²) in [4.78, 5) is 7.49. The molecule has 0 spiro atoms. The standard InChI is InChI=1S/C29H26ClF3N6O/c1-39-15-35-38-28(39)21-13-19(30)8-9-20(21)17-4-2-5-18(12-17)27-36-24-11-16(14-34-23-6-3-7-25(23)40)10-22(26(24)37-27)29(31,32)33/h2,4-5,8-13,15,23,25,34,40H,3,6-7,14H2,1H3,(H,36,37)/t23-,25+/m1/s1. The highest BCUT2D eigenvalue weighted by molar-refractivity contribution is 6.31. The Bertz CT molecular complexity index is 1700. The summed E-state index contributed by atoms with van der Waals surface area (Å²) in [5.74, 6) is 0.959. The zero-order chi connectivity index (χ0) is 28.0. The zero-order valence-electron chi connectivity index (χ0n) is 21.5. The number of imidazole rings is 1. The number of aryl methyl sites for hydroxylation is 1. The summed E-state index contributed by atoms with van der Waals surface area (Å²) in [7, 11) is 1.84. The van der Waals surface area contributed by atoms with Crippen molar-refractivity contribution in [2.75, 3.05) is 0 Å². The zero-order valence-corrected chi connectivity index (χ0v) is 22.3. The van der Waals surface area contributed by atoms with Crippen molar-refractivity contribution in [2.45, 2.75) is 44.1 Å². The molecule has 2 heterocycles. The molecule has 0 amide bonds. The average Bonchev–Trinajstić information content (AvgIpc) is 3.66. The maximum Gasteiger partial charge on any atom is 0.418 e. The second-order valence-electron chi connectivity index (χ2n) is 10.1. The van der Waals surface area contributed by atoms with Crippen molar-refractivity contribution >= 4 is 22.6 Å². The Balaban J connectivity index is 1.39. The Hall–Kier alpha value is -3.73. The first-order chi connectivity index (χ1) is 19.2. The van der Waals surface area contributed by atoms with Gasteiger partial charge in [-0.1, -0.05) is 35.9 Å². The van der Waals surface area contributed by atoms with E-state index in [2.05, 4.69) is 25.5 Å². The normalized spacial score (nSPS) is 17.6. The van der Waals surface area contributed by atoms with Crippen LogP contribution in [0.5, 0.6) is 0 Å². The van der Waals surface area contributed by atoms with Gasteiger partial charge in [0.15, 0.2) is 5.82 Å². The van der Waals surface area contributed by atoms with Crippen molar-refractivity contribution in [3.63, 3.8) is 0 Å². The van der Waals surface area contributed by atoms with Gasteiger partial charge in [0.05, 0.1) is 22.7 Å². The maximum atomic E-state index is 14.1. The third kappa shape index (κ3) is 5.10. The fourth-order valence-electron chi connectivity index (χ4n) is 5.38. The summed E-state index contributed by atoms with van der Waals surface area (Å²) >= 11 is 6.30. The van der Waals surface area contributed by atoms with E-state index in [0.717, 1.165) is 35.6 Å². The average molecular weight is 567 g/mol. The van der Waals surface area contributed by atoms with Gasteiger partial charge in [-0.05, 0) is 66.3 Å². The van der Waals surface area contributed by atoms with Gasteiger partial charge >= 0.3 is 6.18 Å². The van der Waals surface area contributed by atoms with Gasteiger partial charge in [-0.3, -0.25) is 0 Å². The summed E-state index contributed by atoms with van der Waals surface area (Å²) in [6, 6.07) is 15.6. The predicted octanol–water partition coefficient (Wildman–Crippen LogP) is 6.37. The molecule has 6 rings (SSSR count). The quantitative estimate of drug-likeness (QED) is 0.222. The highest BCUT2D eigenvalue weighted by atomic mass is 35.5. The monoisotopic (exact) mass is 566 g/mol. The molecule has 2 aromatic heterocycles. The summed E-state index contributed by atoms with van der Waals surface area (Å²) in [6.07, 6.45) is -1.06. The molecule has 1 saturated carbocycles. The SMILES string of the molecule is Cn1cnnc1-c1cc(Cl)ccc1-c1cccc(-c2nc3cc(CN[C@@H]4CCC[C@@H]4O)cc(C(F)(F)F)c3[nH]2)c1. The third-order valence-corrected chi connectivity index (χ3v) is 7.62. The van der Waals surface area contributed by atoms with E-state index < -0.39 is 17.8 Å². The lowest BCUT2D eigenvalue weighted by Crippen LogP contribution is -2.35. The van der Waals surface area contributed by atoms with Gasteiger partial charge in [0.25, 0.3) is 0 Å². The minimum Gasteiger partial charge on any atom is -0.392 e. The number of aromatic nitrogens is 5. The molecule has 1 fully saturated rings. The van der Waals surface area contributed by atoms with Crippen LogP contribution >= 0.6 is 11.6 Å². The Labute approximate surface area is 233 Å². The molecule has 0 unspecified atom stereocenters. The Morgan fingerprint density at radius 2 is 1.90 bits per heavy atom. The highest BCUT2D eigenvalue weighted by Crippen LogP contribution is 2.38. The van der Waals surface area contributed by atoms with Gasteiger partial charge < -0.3 is 20.0 Å². The summed E-state index contributed by atoms with van der Waals surface area (Å²) < 4.78 is 44.1. The van der Waals surface area contributed by atoms with Crippen LogP contribution in [-0.4, -0.2) is 42.0 Å². The van der Waals surface area contributed by atoms with Crippen molar-refractivity contribution in [3.8, 4) is 33.9 Å². The number of hydrogen-bond donors (Lipinski definition) is 3. The van der Waals surface area contributed by atoms with Crippen LogP contribution in [0.15, 0.2) is 60.9 Å². The number of aromatic amines is 1. The lowest BCUT2D eigenvalue weighted by Gasteiger charge is -2.17. The van der Waals surface area contributed by atoms with Crippen molar-refractivity contribution in [1.29, 1.82) is 0 Å². The smallest absolute Gasteiger partial charge is 0.392 e. The number of hydrogen-bond acceptors (Lipinski definition) is 5. The van der Waals surface area contributed by atoms with E-state index >= 15 is 0 Å². The molecule has 2 atom stereocenters. The fourth-order valence-corrected chi connectivity index (χ4v) is 5.55. The molecule has 0 saturated heterocycles. The number of alkyl halides is 3. The van der Waals surface area contributed by atoms with Gasteiger partial charge in [0, 0.05) is 35.8 Å². The first kappa shape index (κ1) is 26.5. The van der Waals surface area contributed by atoms with Crippen molar-refractivity contribution in [1.82, 2.24) is 30.0 Å². The summed E-state index contributed by atoms with van der Waals surface area (Å²) in [6.45, 7) is 0.208. The number of benzene rings is 3. The maximum absolute atomic E-state index is 14.1. The lowest BCUT2D eigenvalue weighted by atomic mass is 9.97. The number of fused-ring (bicyclic) bond motifs is 1. The van der Waals surface area contributed by atoms with Crippen LogP contribution in [0.3, 0.4) is 0 Å². The number of aliphatic hydroxyl groups is 1. The molecule has 206 valence electrons. The summed E-state index contributed by atoms with van der Waals surface area (Å²) in [5, 5.41) is 22.0. The van der Waals surface area contributed by atoms with Crippen LogP contribution in [-0.2, 0) is 19.8 Å². The number of rotatable bonds is 6. The molecule has 3 aromatic carbocycles. The van der Waals surface area contributed by atoms with Gasteiger partial charge in [-0.2, -0.15) is 13.2 Å². The van der Waals surface area contributed by atoms with Gasteiger partial charge in [-0.15, -0.1) is 10.2 Å². The molecular weight excluding hydrogens is 541 g/mol. The van der Waals surface area contributed by atoms with E-state index in [4.69, 9.17) is 11.6 Å². The van der Waals surface area contributed by atoms with Gasteiger partial charge in [-0.25, -0.2) is 4.98 Å². The van der Waals surface area contributed by atoms with Crippen molar-refractivity contribution in [3.05, 3.63) is 77.1 Å². The molecule has 40 heavy (non-hydrogen) atoms. The molecule has 5 aromatic rings. The van der Waals surface area contributed by atoms with E-state index in [1.165, 1.54) is 0 Å². The van der Waals surface area contributed by atoms with Gasteiger partial charge in [0.2, 0.25) is 0 Å². The first-order valence-electron chi connectivity index (χ1n) is 12.9. The third-order valence-electron chi connectivity index (χ3n) is 7.39. The van der Waals surface area contributed by atoms with Crippen LogP contribution in [0.1, 0.15) is 30.4 Å². The van der Waals surface area contributed by atoms with Crippen LogP contribution in [0.2, 0.25) is 5.02 Å². The van der Waals surface area contributed by atoms with E-state index in [1.807, 2.05) is 37.4 Å². The Morgan fingerprint density at radius 3 is 2.62 bits per heavy atom. The number of aliphatic hydroxyl groups excluding tert-OH is 1. The molecule has 7 nitrogen and oxygen atoms in total. The van der Waals surface area contributed by atoms with E-state index in [9.17, 15) is 18.3 Å². The van der Waals surface area contributed by atoms with Crippen LogP contribution < -0.4 is 5.32 Å². The molecule has 0 aliphatic heterocycles. The largest absolute Gasteiger partial charge is 0.418 e. The second-order valence-corrected chi connectivity index (χ2v) is 10.6. The molecule has 0 radical (unpaired) electrons. The Morgan fingerprint density at radius 1 is 1.07 bits per heavy atom. The minimum atomic E-state index is -4.57. The number of nitrogens with zero attached hydrogens (tertiary/aromatic N) is 4. The summed E-state index contributed by atoms with van der Waals surface area (Å²) in [5.41, 5.74) is 2.92. The van der Waals surface area contributed by atoms with Crippen LogP contribution in [0.25, 0.3) is 44.9 Å². The molecule has 3 N–H and O–H groups in total. The number of halogens is 4. The number of nitrogens with one attached hydrogen (secondary N) is 2. The van der Waals surface area contributed by atoms with Crippen molar-refractivity contribution in [2.24, 2.45) is 7.05 Å². The molecule has 1 aliphatic carbocycles. The van der Waals surface area contributed by atoms with Gasteiger partial charge in [0.1, 0.15) is 12.2 Å². The highest BCUT2D eigenvalue weighted by Gasteiger charge is 2.34. The number of H-pyrrole nitrogens is 1. The molecule has 0 bridgehead atoms. The second kappa shape index (κ2) is 10.3. The topological polar surface area (TPSA) is 91.7 Å². The Kier molecular flexibility index (Phi) is 6.85. The van der Waals surface area contributed by atoms with Crippen LogP contribution in [0, 0.1) is 0 Å². The van der Waals surface area contributed by atoms with E-state index in [-0.39, 0.29) is 23.6 Å². The predicted molar refractivity (Wildman–Crippen MR) is 147 cm³/mol. The van der Waals surface area contributed by atoms with E-state index in [0.29, 0.717) is 34.2 Å².